The molecule has 1 aliphatic carbocycles. The number of hydrogen-bond acceptors (Lipinski definition) is 8. The number of aromatic nitrogens is 2. The van der Waals surface area contributed by atoms with Crippen LogP contribution in [-0.2, 0) is 19.1 Å². The molecule has 0 spiro atoms. The summed E-state index contributed by atoms with van der Waals surface area (Å²) in [6.45, 7) is 3.52. The Balaban J connectivity index is 1.69. The minimum atomic E-state index is -3.04. The second-order valence-corrected chi connectivity index (χ2v) is 13.1. The molecule has 2 fully saturated rings. The van der Waals surface area contributed by atoms with Gasteiger partial charge in [-0.3, -0.25) is 29.1 Å². The van der Waals surface area contributed by atoms with Crippen molar-refractivity contribution in [1.29, 1.82) is 5.26 Å². The van der Waals surface area contributed by atoms with Crippen molar-refractivity contribution in [3.63, 3.8) is 0 Å². The third-order valence-corrected chi connectivity index (χ3v) is 8.06. The van der Waals surface area contributed by atoms with Crippen molar-refractivity contribution in [2.75, 3.05) is 22.9 Å². The van der Waals surface area contributed by atoms with Crippen LogP contribution in [-0.4, -0.2) is 75.4 Å². The Morgan fingerprint density at radius 3 is 2.38 bits per heavy atom. The summed E-state index contributed by atoms with van der Waals surface area (Å²) in [6.07, 6.45) is -1.22. The van der Waals surface area contributed by atoms with E-state index in [9.17, 15) is 37.2 Å². The van der Waals surface area contributed by atoms with Gasteiger partial charge in [-0.25, -0.2) is 32.3 Å². The van der Waals surface area contributed by atoms with Gasteiger partial charge in [0.15, 0.2) is 0 Å². The van der Waals surface area contributed by atoms with E-state index in [0.29, 0.717) is 11.0 Å². The minimum absolute atomic E-state index is 0.0591. The number of nitrogens with one attached hydrogen (secondary N) is 1. The number of anilines is 2. The molecule has 0 radical (unpaired) electrons. The van der Waals surface area contributed by atoms with Crippen LogP contribution >= 0.6 is 11.6 Å². The molecule has 50 heavy (non-hydrogen) atoms. The molecule has 1 aromatic heterocycles. The summed E-state index contributed by atoms with van der Waals surface area (Å²) in [5.74, 6) is -8.86. The van der Waals surface area contributed by atoms with Crippen LogP contribution in [0.25, 0.3) is 0 Å². The van der Waals surface area contributed by atoms with Crippen molar-refractivity contribution < 1.29 is 41.5 Å². The van der Waals surface area contributed by atoms with Gasteiger partial charge in [0.25, 0.3) is 11.8 Å². The van der Waals surface area contributed by atoms with Crippen LogP contribution in [0.3, 0.4) is 0 Å². The second-order valence-electron chi connectivity index (χ2n) is 12.7. The van der Waals surface area contributed by atoms with E-state index < -0.39 is 103 Å². The molecule has 2 aromatic carbocycles. The number of hydrogen-bond donors (Lipinski definition) is 1. The number of alkyl halides is 2. The highest BCUT2D eigenvalue weighted by molar-refractivity contribution is 6.31. The molecule has 262 valence electrons. The summed E-state index contributed by atoms with van der Waals surface area (Å²) >= 11 is 6.51. The van der Waals surface area contributed by atoms with E-state index in [4.69, 9.17) is 16.3 Å². The molecule has 2 aliphatic rings. The standard InChI is InChI=1S/C33H30ClF4N7O5/c1-32(2,3)50-31(49)43-16-25(45(26(46)17-43)30-40-9-8-20(15-39)42-30)29(48)44(22-11-18(35)10-19(36)12-22)27(23-6-4-5-7-24(23)34)28(47)41-21-13-33(37,38)14-21/h4-12,21,25,27H,13-14,16-17H2,1-3H3,(H,41,47)/t25-,27-/m0/s1. The number of amides is 4. The van der Waals surface area contributed by atoms with Gasteiger partial charge in [-0.1, -0.05) is 29.8 Å². The maximum absolute atomic E-state index is 15.0. The summed E-state index contributed by atoms with van der Waals surface area (Å²) in [5.41, 5.74) is -1.77. The third kappa shape index (κ3) is 7.94. The first kappa shape index (κ1) is 36.0. The highest BCUT2D eigenvalue weighted by Crippen LogP contribution is 2.39. The van der Waals surface area contributed by atoms with Gasteiger partial charge in [-0.05, 0) is 45.0 Å². The Morgan fingerprint density at radius 2 is 1.78 bits per heavy atom. The first-order valence-corrected chi connectivity index (χ1v) is 15.6. The van der Waals surface area contributed by atoms with Gasteiger partial charge >= 0.3 is 6.09 Å². The summed E-state index contributed by atoms with van der Waals surface area (Å²) in [5, 5.41) is 11.9. The van der Waals surface area contributed by atoms with E-state index in [1.165, 1.54) is 30.3 Å². The first-order valence-electron chi connectivity index (χ1n) is 15.2. The SMILES string of the molecule is CC(C)(C)OC(=O)N1CC(=O)N(c2nccc(C#N)n2)[C@H](C(=O)N(c2cc(F)cc(F)c2)[C@H](C(=O)NC2CC(F)(F)C2)c2ccccc2Cl)C1. The zero-order chi connectivity index (χ0) is 36.5. The molecular formula is C33H30ClF4N7O5. The normalized spacial score (nSPS) is 18.1. The Bertz CT molecular complexity index is 1860. The van der Waals surface area contributed by atoms with Gasteiger partial charge in [-0.2, -0.15) is 5.26 Å². The zero-order valence-electron chi connectivity index (χ0n) is 26.9. The van der Waals surface area contributed by atoms with E-state index in [1.807, 2.05) is 0 Å². The number of nitrogens with zero attached hydrogens (tertiary/aromatic N) is 6. The lowest BCUT2D eigenvalue weighted by Gasteiger charge is -2.43. The lowest BCUT2D eigenvalue weighted by atomic mass is 9.87. The molecule has 1 N–H and O–H groups in total. The van der Waals surface area contributed by atoms with Crippen LogP contribution in [0.15, 0.2) is 54.7 Å². The van der Waals surface area contributed by atoms with E-state index >= 15 is 4.79 Å². The van der Waals surface area contributed by atoms with Gasteiger partial charge in [0.1, 0.15) is 47.6 Å². The molecule has 1 saturated carbocycles. The summed E-state index contributed by atoms with van der Waals surface area (Å²) in [7, 11) is 0. The van der Waals surface area contributed by atoms with Crippen LogP contribution in [0, 0.1) is 23.0 Å². The maximum Gasteiger partial charge on any atom is 0.410 e. The molecular weight excluding hydrogens is 686 g/mol. The van der Waals surface area contributed by atoms with E-state index in [1.54, 1.807) is 26.8 Å². The largest absolute Gasteiger partial charge is 0.444 e. The van der Waals surface area contributed by atoms with E-state index in [0.717, 1.165) is 28.1 Å². The lowest BCUT2D eigenvalue weighted by Crippen LogP contribution is -2.65. The van der Waals surface area contributed by atoms with Gasteiger partial charge in [0.2, 0.25) is 17.8 Å². The first-order chi connectivity index (χ1) is 23.5. The predicted octanol–water partition coefficient (Wildman–Crippen LogP) is 4.92. The molecule has 1 saturated heterocycles. The Kier molecular flexibility index (Phi) is 10.0. The highest BCUT2D eigenvalue weighted by atomic mass is 35.5. The van der Waals surface area contributed by atoms with Gasteiger partial charge in [-0.15, -0.1) is 0 Å². The molecule has 0 unspecified atom stereocenters. The van der Waals surface area contributed by atoms with E-state index in [2.05, 4.69) is 15.3 Å². The number of ether oxygens (including phenoxy) is 1. The third-order valence-electron chi connectivity index (χ3n) is 7.72. The van der Waals surface area contributed by atoms with Gasteiger partial charge < -0.3 is 10.1 Å². The van der Waals surface area contributed by atoms with Gasteiger partial charge in [0.05, 0.1) is 12.2 Å². The summed E-state index contributed by atoms with van der Waals surface area (Å²) in [6, 6.07) is 6.13. The smallest absolute Gasteiger partial charge is 0.410 e. The van der Waals surface area contributed by atoms with Crippen LogP contribution in [0.5, 0.6) is 0 Å². The molecule has 5 rings (SSSR count). The summed E-state index contributed by atoms with van der Waals surface area (Å²) < 4.78 is 62.7. The average molecular weight is 716 g/mol. The molecule has 4 amide bonds. The van der Waals surface area contributed by atoms with Crippen molar-refractivity contribution in [3.8, 4) is 6.07 Å². The van der Waals surface area contributed by atoms with Crippen molar-refractivity contribution in [3.05, 3.63) is 82.6 Å². The highest BCUT2D eigenvalue weighted by Gasteiger charge is 2.49. The topological polar surface area (TPSA) is 149 Å². The van der Waals surface area contributed by atoms with Crippen LogP contribution < -0.4 is 15.1 Å². The number of piperazine rings is 1. The van der Waals surface area contributed by atoms with Crippen LogP contribution in [0.4, 0.5) is 34.0 Å². The molecule has 1 aliphatic heterocycles. The number of carbonyl (C=O) groups is 4. The van der Waals surface area contributed by atoms with Crippen molar-refractivity contribution in [2.24, 2.45) is 0 Å². The second kappa shape index (κ2) is 13.9. The lowest BCUT2D eigenvalue weighted by molar-refractivity contribution is -0.133. The molecule has 2 atom stereocenters. The Labute approximate surface area is 288 Å². The molecule has 2 heterocycles. The summed E-state index contributed by atoms with van der Waals surface area (Å²) in [4.78, 5) is 66.6. The Hall–Kier alpha value is -5.30. The Morgan fingerprint density at radius 1 is 1.12 bits per heavy atom. The fourth-order valence-electron chi connectivity index (χ4n) is 5.58. The molecule has 0 bridgehead atoms. The zero-order valence-corrected chi connectivity index (χ0v) is 27.6. The van der Waals surface area contributed by atoms with Crippen LogP contribution in [0.2, 0.25) is 5.02 Å². The monoisotopic (exact) mass is 715 g/mol. The minimum Gasteiger partial charge on any atom is -0.444 e. The fourth-order valence-corrected chi connectivity index (χ4v) is 5.82. The molecule has 17 heteroatoms. The number of halogens is 5. The van der Waals surface area contributed by atoms with Crippen molar-refractivity contribution in [2.45, 2.75) is 63.3 Å². The number of nitriles is 1. The molecule has 3 aromatic rings. The fraction of sp³-hybridized carbons (Fsp3) is 0.364. The van der Waals surface area contributed by atoms with Crippen molar-refractivity contribution >= 4 is 47.1 Å². The molecule has 12 nitrogen and oxygen atoms in total. The number of benzene rings is 2. The predicted molar refractivity (Wildman–Crippen MR) is 170 cm³/mol. The quantitative estimate of drug-likeness (QED) is 0.339. The maximum atomic E-state index is 15.0. The average Bonchev–Trinajstić information content (AvgIpc) is 3.01. The van der Waals surface area contributed by atoms with Gasteiger partial charge in [0, 0.05) is 41.7 Å². The number of rotatable bonds is 7. The van der Waals surface area contributed by atoms with Crippen LogP contribution in [0.1, 0.15) is 50.9 Å². The number of carbonyl (C=O) groups excluding carboxylic acids is 4. The van der Waals surface area contributed by atoms with Crippen molar-refractivity contribution in [1.82, 2.24) is 20.2 Å². The van der Waals surface area contributed by atoms with E-state index in [-0.39, 0.29) is 16.3 Å².